The minimum absolute atomic E-state index is 0.0416. The lowest BCUT2D eigenvalue weighted by Crippen LogP contribution is -2.37. The Bertz CT molecular complexity index is 1210. The molecule has 0 spiro atoms. The normalized spacial score (nSPS) is 29.3. The summed E-state index contributed by atoms with van der Waals surface area (Å²) in [5.74, 6) is -1.41. The maximum absolute atomic E-state index is 13.0. The topological polar surface area (TPSA) is 173 Å². The third kappa shape index (κ3) is 9.10. The van der Waals surface area contributed by atoms with Gasteiger partial charge in [-0.3, -0.25) is 4.79 Å². The number of ether oxygens (including phenoxy) is 3. The van der Waals surface area contributed by atoms with Crippen molar-refractivity contribution in [3.05, 3.63) is 59.7 Å². The number of nitrogens with one attached hydrogen (secondary N) is 2. The van der Waals surface area contributed by atoms with Crippen molar-refractivity contribution in [3.63, 3.8) is 0 Å². The first-order valence-corrected chi connectivity index (χ1v) is 13.8. The smallest absolute Gasteiger partial charge is 0.405 e. The van der Waals surface area contributed by atoms with Gasteiger partial charge in [0.05, 0.1) is 23.6 Å². The molecule has 1 heterocycles. The molecule has 6 atom stereocenters. The molecule has 1 aliphatic heterocycles. The number of phenols is 2. The van der Waals surface area contributed by atoms with Crippen molar-refractivity contribution in [3.8, 4) is 11.5 Å². The first-order valence-electron chi connectivity index (χ1n) is 13.8. The van der Waals surface area contributed by atoms with Crippen LogP contribution in [0.15, 0.2) is 54.2 Å². The highest BCUT2D eigenvalue weighted by atomic mass is 16.6. The van der Waals surface area contributed by atoms with Crippen LogP contribution in [0.25, 0.3) is 0 Å². The van der Waals surface area contributed by atoms with Gasteiger partial charge in [-0.15, -0.1) is 6.58 Å². The minimum Gasteiger partial charge on any atom is -0.506 e. The fourth-order valence-corrected chi connectivity index (χ4v) is 4.98. The largest absolute Gasteiger partial charge is 0.506 e. The van der Waals surface area contributed by atoms with Gasteiger partial charge in [0.2, 0.25) is 0 Å². The fraction of sp³-hybridized carbons (Fsp3) is 0.484. The number of allylic oxidation sites excluding steroid dienone is 2. The maximum Gasteiger partial charge on any atom is 0.405 e. The number of carbonyl (C=O) groups is 2. The van der Waals surface area contributed by atoms with Gasteiger partial charge in [-0.05, 0) is 38.2 Å². The summed E-state index contributed by atoms with van der Waals surface area (Å²) in [6.45, 7) is 11.1. The molecule has 0 aliphatic carbocycles. The van der Waals surface area contributed by atoms with Gasteiger partial charge in [0.1, 0.15) is 17.6 Å². The van der Waals surface area contributed by atoms with Crippen LogP contribution < -0.4 is 16.4 Å². The Hall–Kier alpha value is -3.80. The monoisotopic (exact) mass is 587 g/mol. The molecule has 11 nitrogen and oxygen atoms in total. The Labute approximate surface area is 247 Å². The van der Waals surface area contributed by atoms with E-state index in [1.54, 1.807) is 38.2 Å². The number of aromatic hydroxyl groups is 2. The number of amides is 2. The Morgan fingerprint density at radius 1 is 1.24 bits per heavy atom. The first kappa shape index (κ1) is 34.4. The molecule has 0 unspecified atom stereocenters. The van der Waals surface area contributed by atoms with Crippen molar-refractivity contribution in [2.24, 2.45) is 17.6 Å². The van der Waals surface area contributed by atoms with Gasteiger partial charge < -0.3 is 45.9 Å². The van der Waals surface area contributed by atoms with Crippen molar-refractivity contribution in [1.29, 1.82) is 0 Å². The van der Waals surface area contributed by atoms with Crippen LogP contribution in [-0.2, 0) is 25.4 Å². The second kappa shape index (κ2) is 16.0. The number of benzene rings is 1. The Morgan fingerprint density at radius 3 is 2.52 bits per heavy atom. The van der Waals surface area contributed by atoms with Gasteiger partial charge in [-0.2, -0.15) is 0 Å². The molecule has 1 aromatic carbocycles. The molecule has 2 bridgehead atoms. The number of anilines is 2. The molecule has 1 aliphatic rings. The molecule has 11 heteroatoms. The van der Waals surface area contributed by atoms with Crippen LogP contribution in [0.3, 0.4) is 0 Å². The van der Waals surface area contributed by atoms with Crippen LogP contribution in [0.4, 0.5) is 16.2 Å². The highest BCUT2D eigenvalue weighted by Gasteiger charge is 2.30. The highest BCUT2D eigenvalue weighted by molar-refractivity contribution is 6.04. The molecule has 0 aromatic heterocycles. The predicted molar refractivity (Wildman–Crippen MR) is 162 cm³/mol. The average Bonchev–Trinajstić information content (AvgIpc) is 2.94. The van der Waals surface area contributed by atoms with Gasteiger partial charge >= 0.3 is 6.09 Å². The molecule has 2 amide bonds. The number of nitrogens with two attached hydrogens (primary N) is 1. The van der Waals surface area contributed by atoms with Gasteiger partial charge in [-0.25, -0.2) is 4.79 Å². The maximum atomic E-state index is 13.0. The van der Waals surface area contributed by atoms with Crippen LogP contribution in [-0.4, -0.2) is 72.5 Å². The number of rotatable bonds is 6. The lowest BCUT2D eigenvalue weighted by Gasteiger charge is -2.29. The molecule has 7 N–H and O–H groups in total. The van der Waals surface area contributed by atoms with Crippen molar-refractivity contribution in [2.75, 3.05) is 31.4 Å². The second-order valence-corrected chi connectivity index (χ2v) is 10.6. The van der Waals surface area contributed by atoms with Gasteiger partial charge in [-0.1, -0.05) is 44.2 Å². The number of primary amides is 1. The van der Waals surface area contributed by atoms with Gasteiger partial charge in [0, 0.05) is 43.9 Å². The van der Waals surface area contributed by atoms with Gasteiger partial charge in [0.25, 0.3) is 5.91 Å². The van der Waals surface area contributed by atoms with Crippen LogP contribution >= 0.6 is 0 Å². The molecule has 0 saturated carbocycles. The lowest BCUT2D eigenvalue weighted by atomic mass is 9.87. The number of fused-ring (bicyclic) bond motifs is 2. The van der Waals surface area contributed by atoms with E-state index in [1.807, 2.05) is 13.8 Å². The van der Waals surface area contributed by atoms with Crippen molar-refractivity contribution >= 4 is 23.4 Å². The molecule has 0 saturated heterocycles. The number of aliphatic hydroxyl groups excluding tert-OH is 1. The zero-order valence-electron chi connectivity index (χ0n) is 25.2. The standard InChI is InChI=1S/C31H45N3O8/c1-8-12-33-26-21-13-17(2)14-25(41-7)27(36)19(4)15-20(5)29(42-31(32)39)24(40-6)11-9-10-18(3)30(38)34-22(28(21)37)16-23(26)35/h8-11,15-17,19,24-25,27,29,33,35-37H,1,12-14H2,2-7H3,(H2,32,39)(H,34,38)/b11-9+,18-10-,20-15-/t17-,19+,24+,25+,27-,29+/m1/s1. The second-order valence-electron chi connectivity index (χ2n) is 10.6. The van der Waals surface area contributed by atoms with Crippen LogP contribution in [0, 0.1) is 11.8 Å². The first-order chi connectivity index (χ1) is 19.8. The summed E-state index contributed by atoms with van der Waals surface area (Å²) in [7, 11) is 2.95. The van der Waals surface area contributed by atoms with Crippen molar-refractivity contribution < 1.29 is 39.1 Å². The zero-order valence-corrected chi connectivity index (χ0v) is 25.2. The van der Waals surface area contributed by atoms with E-state index >= 15 is 0 Å². The Kier molecular flexibility index (Phi) is 13.1. The molecule has 42 heavy (non-hydrogen) atoms. The number of methoxy groups -OCH3 is 2. The fourth-order valence-electron chi connectivity index (χ4n) is 4.98. The molecule has 0 radical (unpaired) electrons. The van der Waals surface area contributed by atoms with E-state index in [2.05, 4.69) is 17.2 Å². The van der Waals surface area contributed by atoms with E-state index in [-0.39, 0.29) is 23.1 Å². The van der Waals surface area contributed by atoms with E-state index in [0.29, 0.717) is 41.8 Å². The molecule has 1 aromatic rings. The van der Waals surface area contributed by atoms with Crippen molar-refractivity contribution in [2.45, 2.75) is 65.0 Å². The van der Waals surface area contributed by atoms with Gasteiger partial charge in [0.15, 0.2) is 6.10 Å². The third-order valence-corrected chi connectivity index (χ3v) is 7.25. The van der Waals surface area contributed by atoms with E-state index < -0.39 is 42.3 Å². The highest BCUT2D eigenvalue weighted by Crippen LogP contribution is 2.42. The molecular weight excluding hydrogens is 542 g/mol. The number of aliphatic hydroxyl groups is 1. The molecular formula is C31H45N3O8. The van der Waals surface area contributed by atoms with Crippen LogP contribution in [0.1, 0.15) is 39.7 Å². The summed E-state index contributed by atoms with van der Waals surface area (Å²) < 4.78 is 16.6. The average molecular weight is 588 g/mol. The Morgan fingerprint density at radius 2 is 1.93 bits per heavy atom. The summed E-state index contributed by atoms with van der Waals surface area (Å²) in [5.41, 5.74) is 7.01. The van der Waals surface area contributed by atoms with Crippen LogP contribution in [0.5, 0.6) is 11.5 Å². The van der Waals surface area contributed by atoms with E-state index in [4.69, 9.17) is 19.9 Å². The number of phenolic OH excluding ortho intramolecular Hbond substituents is 2. The summed E-state index contributed by atoms with van der Waals surface area (Å²) in [6, 6.07) is 1.28. The summed E-state index contributed by atoms with van der Waals surface area (Å²) in [5, 5.41) is 39.1. The quantitative estimate of drug-likeness (QED) is 0.162. The molecule has 232 valence electrons. The van der Waals surface area contributed by atoms with E-state index in [9.17, 15) is 24.9 Å². The predicted octanol–water partition coefficient (Wildman–Crippen LogP) is 4.16. The summed E-state index contributed by atoms with van der Waals surface area (Å²) >= 11 is 0. The van der Waals surface area contributed by atoms with Crippen molar-refractivity contribution in [1.82, 2.24) is 0 Å². The third-order valence-electron chi connectivity index (χ3n) is 7.25. The van der Waals surface area contributed by atoms with E-state index in [1.165, 1.54) is 26.4 Å². The number of hydrogen-bond acceptors (Lipinski definition) is 9. The summed E-state index contributed by atoms with van der Waals surface area (Å²) in [4.78, 5) is 24.7. The van der Waals surface area contributed by atoms with Crippen LogP contribution in [0.2, 0.25) is 0 Å². The zero-order chi connectivity index (χ0) is 31.6. The Balaban J connectivity index is 2.67. The van der Waals surface area contributed by atoms with E-state index in [0.717, 1.165) is 0 Å². The summed E-state index contributed by atoms with van der Waals surface area (Å²) in [6.07, 6.45) is 4.64. The number of carbonyl (C=O) groups excluding carboxylic acids is 2. The SMILES string of the molecule is C=CCNc1c(O)cc2c(O)c1C[C@@H](C)C[C@H](OC)[C@H](O)[C@@H](C)/C=C(/C)[C@H](OC(N)=O)[C@@H](OC)/C=C/C=C(/C)C(=O)N2. The minimum atomic E-state index is -0.990. The lowest BCUT2D eigenvalue weighted by molar-refractivity contribution is -0.112. The molecule has 2 rings (SSSR count). The number of hydrogen-bond donors (Lipinski definition) is 6. The molecule has 0 fully saturated rings.